The molecule has 1 aromatic rings. The average Bonchev–Trinajstić information content (AvgIpc) is 2.42. The summed E-state index contributed by atoms with van der Waals surface area (Å²) in [4.78, 5) is 13.2. The van der Waals surface area contributed by atoms with Crippen molar-refractivity contribution in [2.24, 2.45) is 5.92 Å². The van der Waals surface area contributed by atoms with Gasteiger partial charge in [-0.1, -0.05) is 0 Å². The number of aromatic nitrogens is 1. The number of nitrogens with zero attached hydrogens (tertiary/aromatic N) is 2. The topological polar surface area (TPSA) is 25.2 Å². The van der Waals surface area contributed by atoms with Gasteiger partial charge >= 0.3 is 142 Å². The van der Waals surface area contributed by atoms with Gasteiger partial charge in [0, 0.05) is 0 Å². The number of halogens is 3. The number of likely N-dealkylation sites (N-methyl/N-ethyl adjacent to an activating group) is 1. The van der Waals surface area contributed by atoms with Crippen molar-refractivity contribution in [2.45, 2.75) is 38.9 Å². The fraction of sp³-hybridized carbons (Fsp3) is 0.625. The molecule has 0 amide bonds. The van der Waals surface area contributed by atoms with Crippen LogP contribution in [0, 0.1) is 10.1 Å². The molecule has 0 N–H and O–H groups in total. The van der Waals surface area contributed by atoms with Crippen molar-refractivity contribution in [1.82, 2.24) is 9.47 Å². The molecule has 0 saturated carbocycles. The molecule has 1 heterocycles. The molecule has 7 heteroatoms. The Balaban J connectivity index is 3.36. The Labute approximate surface area is 142 Å². The predicted octanol–water partition coefficient (Wildman–Crippen LogP) is 3.48. The molecule has 0 spiro atoms. The van der Waals surface area contributed by atoms with E-state index in [0.29, 0.717) is 13.0 Å². The van der Waals surface area contributed by atoms with Crippen molar-refractivity contribution < 1.29 is 33.5 Å². The van der Waals surface area contributed by atoms with Gasteiger partial charge in [-0.3, -0.25) is 0 Å². The van der Waals surface area contributed by atoms with E-state index in [1.807, 2.05) is 32.8 Å². The first-order valence-electron chi connectivity index (χ1n) is 7.47. The first-order chi connectivity index (χ1) is 10.6. The van der Waals surface area contributed by atoms with Gasteiger partial charge in [0.1, 0.15) is 0 Å². The molecule has 1 atom stereocenters. The van der Waals surface area contributed by atoms with Crippen LogP contribution >= 0.6 is 0 Å². The Hall–Kier alpha value is -0.911. The van der Waals surface area contributed by atoms with E-state index < -0.39 is 17.8 Å². The third-order valence-corrected chi connectivity index (χ3v) is 3.99. The molecule has 0 aromatic carbocycles. The molecule has 23 heavy (non-hydrogen) atoms. The summed E-state index contributed by atoms with van der Waals surface area (Å²) in [6.45, 7) is 4.45. The Kier molecular flexibility index (Phi) is 7.24. The summed E-state index contributed by atoms with van der Waals surface area (Å²) in [5.41, 5.74) is -0.457. The van der Waals surface area contributed by atoms with E-state index in [4.69, 9.17) is 0 Å². The van der Waals surface area contributed by atoms with Crippen LogP contribution in [0.4, 0.5) is 13.2 Å². The molecule has 1 unspecified atom stereocenters. The molecular weight excluding hydrogens is 348 g/mol. The van der Waals surface area contributed by atoms with Crippen LogP contribution in [-0.2, 0) is 33.0 Å². The van der Waals surface area contributed by atoms with E-state index >= 15 is 0 Å². The van der Waals surface area contributed by atoms with Crippen molar-refractivity contribution in [3.8, 4) is 0 Å². The van der Waals surface area contributed by atoms with E-state index in [0.717, 1.165) is 12.4 Å². The second-order valence-electron chi connectivity index (χ2n) is 6.33. The maximum absolute atomic E-state index is 13.3. The summed E-state index contributed by atoms with van der Waals surface area (Å²) in [6.07, 6.45) is -1.34. The summed E-state index contributed by atoms with van der Waals surface area (Å²) in [5, 5.41) is 0. The third kappa shape index (κ3) is 5.90. The zero-order valence-corrected chi connectivity index (χ0v) is 15.0. The van der Waals surface area contributed by atoms with Crippen LogP contribution < -0.4 is 0 Å². The Morgan fingerprint density at radius 3 is 2.39 bits per heavy atom. The number of carbonyl (C=O) groups excluding carboxylic acids is 1. The molecule has 0 bridgehead atoms. The zero-order chi connectivity index (χ0) is 17.8. The van der Waals surface area contributed by atoms with Crippen LogP contribution in [0.2, 0.25) is 0 Å². The second-order valence-corrected chi connectivity index (χ2v) is 6.93. The van der Waals surface area contributed by atoms with Gasteiger partial charge in [-0.2, -0.15) is 0 Å². The minimum atomic E-state index is -4.42. The first-order valence-corrected chi connectivity index (χ1v) is 8.06. The van der Waals surface area contributed by atoms with Crippen molar-refractivity contribution in [1.29, 1.82) is 0 Å². The third-order valence-electron chi connectivity index (χ3n) is 3.51. The Morgan fingerprint density at radius 1 is 1.35 bits per heavy atom. The summed E-state index contributed by atoms with van der Waals surface area (Å²) in [5.74, 6) is 0.261. The molecule has 0 radical (unpaired) electrons. The van der Waals surface area contributed by atoms with E-state index in [1.165, 1.54) is 6.20 Å². The number of hydrogen-bond donors (Lipinski definition) is 0. The van der Waals surface area contributed by atoms with Crippen LogP contribution in [-0.4, -0.2) is 36.4 Å². The number of rotatable bonds is 7. The Morgan fingerprint density at radius 2 is 1.96 bits per heavy atom. The SMILES string of the molecule is CC(C)CC(C=O)n1cc(CCN(C)C)c(C(F)(F)F)c[c]1=[Mn]. The van der Waals surface area contributed by atoms with Crippen molar-refractivity contribution >= 4 is 6.29 Å². The van der Waals surface area contributed by atoms with Crippen LogP contribution in [0.25, 0.3) is 0 Å². The monoisotopic (exact) mass is 371 g/mol. The first kappa shape index (κ1) is 20.1. The van der Waals surface area contributed by atoms with E-state index in [2.05, 4.69) is 15.6 Å². The average molecular weight is 371 g/mol. The number of alkyl halides is 3. The van der Waals surface area contributed by atoms with Gasteiger partial charge in [0.2, 0.25) is 0 Å². The molecular formula is C16H23F3MnN2O. The molecule has 0 fully saturated rings. The quantitative estimate of drug-likeness (QED) is 0.542. The molecule has 0 aliphatic heterocycles. The van der Waals surface area contributed by atoms with Crippen LogP contribution in [0.15, 0.2) is 12.3 Å². The predicted molar refractivity (Wildman–Crippen MR) is 79.5 cm³/mol. The summed E-state index contributed by atoms with van der Waals surface area (Å²) < 4.78 is 41.6. The van der Waals surface area contributed by atoms with E-state index in [1.54, 1.807) is 4.57 Å². The number of aldehydes is 1. The van der Waals surface area contributed by atoms with E-state index in [-0.39, 0.29) is 22.1 Å². The van der Waals surface area contributed by atoms with Crippen molar-refractivity contribution in [2.75, 3.05) is 20.6 Å². The minimum absolute atomic E-state index is 0.199. The summed E-state index contributed by atoms with van der Waals surface area (Å²) in [6, 6.07) is 0.590. The number of hydrogen-bond acceptors (Lipinski definition) is 2. The van der Waals surface area contributed by atoms with Crippen LogP contribution in [0.5, 0.6) is 0 Å². The molecule has 0 aliphatic carbocycles. The normalized spacial score (nSPS) is 13.6. The molecule has 1 aromatic heterocycles. The van der Waals surface area contributed by atoms with Gasteiger partial charge in [-0.05, 0) is 0 Å². The van der Waals surface area contributed by atoms with Gasteiger partial charge in [0.15, 0.2) is 0 Å². The van der Waals surface area contributed by atoms with Gasteiger partial charge in [0.25, 0.3) is 0 Å². The summed E-state index contributed by atoms with van der Waals surface area (Å²) >= 11 is 3.18. The molecule has 0 saturated heterocycles. The van der Waals surface area contributed by atoms with Gasteiger partial charge in [-0.15, -0.1) is 0 Å². The standard InChI is InChI=1S/C16H23F3N2O.Mn/c1-12(2)9-14(11-22)21-8-6-15(16(17,18)19)13(10-21)5-7-20(3)4;/h6,10-12,14H,5,7,9H2,1-4H3;. The van der Waals surface area contributed by atoms with Gasteiger partial charge in [0.05, 0.1) is 0 Å². The van der Waals surface area contributed by atoms with Crippen molar-refractivity contribution in [3.63, 3.8) is 0 Å². The Bertz CT molecular complexity index is 594. The van der Waals surface area contributed by atoms with Gasteiger partial charge < -0.3 is 0 Å². The van der Waals surface area contributed by atoms with E-state index in [9.17, 15) is 18.0 Å². The molecule has 0 aliphatic rings. The number of pyridine rings is 1. The van der Waals surface area contributed by atoms with Gasteiger partial charge in [-0.25, -0.2) is 0 Å². The fourth-order valence-corrected chi connectivity index (χ4v) is 2.81. The molecule has 3 nitrogen and oxygen atoms in total. The number of carbonyl (C=O) groups is 1. The van der Waals surface area contributed by atoms with Crippen LogP contribution in [0.3, 0.4) is 0 Å². The fourth-order valence-electron chi connectivity index (χ4n) is 2.36. The zero-order valence-electron chi connectivity index (χ0n) is 13.8. The maximum atomic E-state index is 13.3. The van der Waals surface area contributed by atoms with Crippen molar-refractivity contribution in [3.05, 3.63) is 27.6 Å². The second kappa shape index (κ2) is 8.27. The van der Waals surface area contributed by atoms with Crippen LogP contribution in [0.1, 0.15) is 37.4 Å². The summed E-state index contributed by atoms with van der Waals surface area (Å²) in [7, 11) is 3.63. The molecule has 131 valence electrons. The molecule has 1 rings (SSSR count).